The number of carbonyl (C=O) groups excluding carboxylic acids is 1. The van der Waals surface area contributed by atoms with Gasteiger partial charge in [0.15, 0.2) is 0 Å². The zero-order valence-electron chi connectivity index (χ0n) is 12.6. The second-order valence-corrected chi connectivity index (χ2v) is 5.46. The Labute approximate surface area is 120 Å². The number of rotatable bonds is 6. The van der Waals surface area contributed by atoms with Gasteiger partial charge in [-0.05, 0) is 32.5 Å². The zero-order valence-corrected chi connectivity index (χ0v) is 12.6. The lowest BCUT2D eigenvalue weighted by molar-refractivity contribution is -0.123. The molecule has 0 aliphatic carbocycles. The molecule has 6 nitrogen and oxygen atoms in total. The lowest BCUT2D eigenvalue weighted by Crippen LogP contribution is -2.38. The first-order chi connectivity index (χ1) is 9.63. The smallest absolute Gasteiger partial charge is 0.241 e. The maximum atomic E-state index is 12.3. The van der Waals surface area contributed by atoms with Crippen molar-refractivity contribution < 1.29 is 4.79 Å². The van der Waals surface area contributed by atoms with Crippen LogP contribution in [0.15, 0.2) is 12.4 Å². The maximum absolute atomic E-state index is 12.3. The van der Waals surface area contributed by atoms with Gasteiger partial charge < -0.3 is 15.5 Å². The SMILES string of the molecule is CCN1CCC(CNC(=O)C(NC)c2cnn(C)c2)C1. The van der Waals surface area contributed by atoms with Crippen molar-refractivity contribution in [3.05, 3.63) is 18.0 Å². The number of nitrogens with zero attached hydrogens (tertiary/aromatic N) is 3. The minimum atomic E-state index is -0.326. The summed E-state index contributed by atoms with van der Waals surface area (Å²) in [5, 5.41) is 10.2. The molecular formula is C14H25N5O. The predicted molar refractivity (Wildman–Crippen MR) is 78.2 cm³/mol. The minimum Gasteiger partial charge on any atom is -0.354 e. The van der Waals surface area contributed by atoms with Gasteiger partial charge in [0.25, 0.3) is 0 Å². The molecule has 2 N–H and O–H groups in total. The van der Waals surface area contributed by atoms with Gasteiger partial charge in [0, 0.05) is 31.9 Å². The van der Waals surface area contributed by atoms with E-state index >= 15 is 0 Å². The van der Waals surface area contributed by atoms with Crippen LogP contribution in [0.5, 0.6) is 0 Å². The third-order valence-electron chi connectivity index (χ3n) is 3.99. The Morgan fingerprint density at radius 2 is 2.40 bits per heavy atom. The number of hydrogen-bond donors (Lipinski definition) is 2. The molecule has 2 unspecified atom stereocenters. The van der Waals surface area contributed by atoms with Gasteiger partial charge in [-0.25, -0.2) is 0 Å². The molecule has 6 heteroatoms. The highest BCUT2D eigenvalue weighted by atomic mass is 16.2. The fraction of sp³-hybridized carbons (Fsp3) is 0.714. The topological polar surface area (TPSA) is 62.2 Å². The van der Waals surface area contributed by atoms with Crippen LogP contribution in [0.1, 0.15) is 24.9 Å². The second kappa shape index (κ2) is 6.85. The maximum Gasteiger partial charge on any atom is 0.241 e. The molecule has 112 valence electrons. The Bertz CT molecular complexity index is 445. The predicted octanol–water partition coefficient (Wildman–Crippen LogP) is 0.139. The lowest BCUT2D eigenvalue weighted by Gasteiger charge is -2.17. The summed E-state index contributed by atoms with van der Waals surface area (Å²) in [5.41, 5.74) is 0.897. The summed E-state index contributed by atoms with van der Waals surface area (Å²) < 4.78 is 1.71. The van der Waals surface area contributed by atoms with E-state index in [9.17, 15) is 4.79 Å². The molecule has 2 atom stereocenters. The van der Waals surface area contributed by atoms with Gasteiger partial charge in [0.05, 0.1) is 6.20 Å². The second-order valence-electron chi connectivity index (χ2n) is 5.46. The molecule has 2 heterocycles. The third kappa shape index (κ3) is 3.58. The highest BCUT2D eigenvalue weighted by molar-refractivity contribution is 5.83. The number of carbonyl (C=O) groups is 1. The van der Waals surface area contributed by atoms with Crippen molar-refractivity contribution in [3.63, 3.8) is 0 Å². The first-order valence-corrected chi connectivity index (χ1v) is 7.30. The average Bonchev–Trinajstić information content (AvgIpc) is 3.06. The molecule has 20 heavy (non-hydrogen) atoms. The summed E-state index contributed by atoms with van der Waals surface area (Å²) in [4.78, 5) is 14.7. The van der Waals surface area contributed by atoms with Gasteiger partial charge in [-0.15, -0.1) is 0 Å². The number of hydrogen-bond acceptors (Lipinski definition) is 4. The fourth-order valence-corrected chi connectivity index (χ4v) is 2.75. The number of aromatic nitrogens is 2. The van der Waals surface area contributed by atoms with Crippen molar-refractivity contribution >= 4 is 5.91 Å². The molecule has 1 aliphatic rings. The summed E-state index contributed by atoms with van der Waals surface area (Å²) in [5.74, 6) is 0.598. The van der Waals surface area contributed by atoms with Crippen molar-refractivity contribution in [2.75, 3.05) is 33.2 Å². The molecule has 1 aromatic rings. The Balaban J connectivity index is 1.84. The molecule has 2 rings (SSSR count). The van der Waals surface area contributed by atoms with Gasteiger partial charge in [0.2, 0.25) is 5.91 Å². The zero-order chi connectivity index (χ0) is 14.5. The molecule has 1 aliphatic heterocycles. The van der Waals surface area contributed by atoms with Crippen molar-refractivity contribution in [2.45, 2.75) is 19.4 Å². The molecule has 0 radical (unpaired) electrons. The highest BCUT2D eigenvalue weighted by Gasteiger charge is 2.24. The number of likely N-dealkylation sites (N-methyl/N-ethyl adjacent to an activating group) is 1. The first kappa shape index (κ1) is 15.0. The lowest BCUT2D eigenvalue weighted by atomic mass is 10.1. The normalized spacial score (nSPS) is 21.1. The average molecular weight is 279 g/mol. The molecule has 0 spiro atoms. The van der Waals surface area contributed by atoms with E-state index < -0.39 is 0 Å². The van der Waals surface area contributed by atoms with Gasteiger partial charge in [-0.2, -0.15) is 5.10 Å². The van der Waals surface area contributed by atoms with Crippen LogP contribution >= 0.6 is 0 Å². The summed E-state index contributed by atoms with van der Waals surface area (Å²) in [7, 11) is 3.65. The van der Waals surface area contributed by atoms with E-state index in [-0.39, 0.29) is 11.9 Å². The monoisotopic (exact) mass is 279 g/mol. The van der Waals surface area contributed by atoms with Crippen LogP contribution < -0.4 is 10.6 Å². The molecule has 1 aromatic heterocycles. The van der Waals surface area contributed by atoms with Crippen LogP contribution in [-0.2, 0) is 11.8 Å². The Morgan fingerprint density at radius 1 is 1.60 bits per heavy atom. The molecule has 0 bridgehead atoms. The van der Waals surface area contributed by atoms with E-state index in [0.717, 1.165) is 31.7 Å². The van der Waals surface area contributed by atoms with E-state index in [1.807, 2.05) is 13.2 Å². The highest BCUT2D eigenvalue weighted by Crippen LogP contribution is 2.16. The number of nitrogens with one attached hydrogen (secondary N) is 2. The van der Waals surface area contributed by atoms with Crippen LogP contribution in [0.25, 0.3) is 0 Å². The third-order valence-corrected chi connectivity index (χ3v) is 3.99. The van der Waals surface area contributed by atoms with E-state index in [1.165, 1.54) is 6.42 Å². The van der Waals surface area contributed by atoms with E-state index in [0.29, 0.717) is 5.92 Å². The minimum absolute atomic E-state index is 0.0236. The Kier molecular flexibility index (Phi) is 5.14. The van der Waals surface area contributed by atoms with Crippen molar-refractivity contribution in [1.82, 2.24) is 25.3 Å². The molecular weight excluding hydrogens is 254 g/mol. The fourth-order valence-electron chi connectivity index (χ4n) is 2.75. The number of aryl methyl sites for hydroxylation is 1. The standard InChI is InChI=1S/C14H25N5O/c1-4-19-6-5-11(9-19)7-16-14(20)13(15-2)12-8-17-18(3)10-12/h8,10-11,13,15H,4-7,9H2,1-3H3,(H,16,20). The summed E-state index contributed by atoms with van der Waals surface area (Å²) in [6, 6.07) is -0.326. The molecule has 1 fully saturated rings. The van der Waals surface area contributed by atoms with E-state index in [4.69, 9.17) is 0 Å². The Hall–Kier alpha value is -1.40. The molecule has 1 amide bonds. The van der Waals surface area contributed by atoms with Gasteiger partial charge in [0.1, 0.15) is 6.04 Å². The molecule has 0 aromatic carbocycles. The van der Waals surface area contributed by atoms with Crippen LogP contribution in [0, 0.1) is 5.92 Å². The largest absolute Gasteiger partial charge is 0.354 e. The molecule has 1 saturated heterocycles. The number of likely N-dealkylation sites (tertiary alicyclic amines) is 1. The summed E-state index contributed by atoms with van der Waals surface area (Å²) in [6.07, 6.45) is 4.77. The van der Waals surface area contributed by atoms with Gasteiger partial charge in [-0.3, -0.25) is 9.48 Å². The van der Waals surface area contributed by atoms with Gasteiger partial charge >= 0.3 is 0 Å². The van der Waals surface area contributed by atoms with Crippen LogP contribution in [0.4, 0.5) is 0 Å². The summed E-state index contributed by atoms with van der Waals surface area (Å²) in [6.45, 7) is 6.27. The van der Waals surface area contributed by atoms with Gasteiger partial charge in [-0.1, -0.05) is 6.92 Å². The van der Waals surface area contributed by atoms with Crippen LogP contribution in [-0.4, -0.2) is 53.8 Å². The van der Waals surface area contributed by atoms with Crippen molar-refractivity contribution in [2.24, 2.45) is 13.0 Å². The van der Waals surface area contributed by atoms with Crippen molar-refractivity contribution in [3.8, 4) is 0 Å². The van der Waals surface area contributed by atoms with Crippen LogP contribution in [0.2, 0.25) is 0 Å². The van der Waals surface area contributed by atoms with E-state index in [2.05, 4.69) is 27.6 Å². The van der Waals surface area contributed by atoms with Crippen LogP contribution in [0.3, 0.4) is 0 Å². The Morgan fingerprint density at radius 3 is 2.95 bits per heavy atom. The molecule has 0 saturated carbocycles. The quantitative estimate of drug-likeness (QED) is 0.777. The summed E-state index contributed by atoms with van der Waals surface area (Å²) >= 11 is 0. The first-order valence-electron chi connectivity index (χ1n) is 7.30. The number of amides is 1. The van der Waals surface area contributed by atoms with Crippen molar-refractivity contribution in [1.29, 1.82) is 0 Å². The van der Waals surface area contributed by atoms with E-state index in [1.54, 1.807) is 17.9 Å².